The summed E-state index contributed by atoms with van der Waals surface area (Å²) in [7, 11) is 0. The number of urea groups is 1. The Labute approximate surface area is 150 Å². The van der Waals surface area contributed by atoms with Gasteiger partial charge in [0.05, 0.1) is 17.8 Å². The van der Waals surface area contributed by atoms with E-state index in [2.05, 4.69) is 15.6 Å². The Kier molecular flexibility index (Phi) is 4.96. The summed E-state index contributed by atoms with van der Waals surface area (Å²) in [5, 5.41) is 14.3. The van der Waals surface area contributed by atoms with Crippen LogP contribution in [0.2, 0.25) is 0 Å². The predicted octanol–water partition coefficient (Wildman–Crippen LogP) is 3.97. The molecule has 0 saturated carbocycles. The molecule has 1 aromatic heterocycles. The molecule has 4 N–H and O–H groups in total. The number of hydrogen-bond donors (Lipinski definition) is 3. The number of nitrogens with two attached hydrogens (primary N) is 1. The van der Waals surface area contributed by atoms with Crippen LogP contribution in [0.3, 0.4) is 0 Å². The van der Waals surface area contributed by atoms with Crippen molar-refractivity contribution in [2.75, 3.05) is 16.4 Å². The van der Waals surface area contributed by atoms with Crippen LogP contribution in [0.15, 0.2) is 66.9 Å². The Bertz CT molecular complexity index is 964. The SMILES string of the molecule is N#Cc1cccc(NC(=O)Nc2cccc(Oc3ccc(N)nc3)c2)c1. The molecule has 0 bridgehead atoms. The first kappa shape index (κ1) is 16.8. The van der Waals surface area contributed by atoms with E-state index in [1.807, 2.05) is 6.07 Å². The van der Waals surface area contributed by atoms with Crippen molar-refractivity contribution in [1.29, 1.82) is 5.26 Å². The van der Waals surface area contributed by atoms with Crippen molar-refractivity contribution in [3.05, 3.63) is 72.4 Å². The van der Waals surface area contributed by atoms with Crippen LogP contribution in [0.4, 0.5) is 22.0 Å². The van der Waals surface area contributed by atoms with Crippen LogP contribution in [0.5, 0.6) is 11.5 Å². The summed E-state index contributed by atoms with van der Waals surface area (Å²) in [4.78, 5) is 16.1. The zero-order valence-electron chi connectivity index (χ0n) is 13.6. The number of rotatable bonds is 4. The number of pyridine rings is 1. The number of hydrogen-bond acceptors (Lipinski definition) is 5. The number of nitrogen functional groups attached to an aromatic ring is 1. The highest BCUT2D eigenvalue weighted by Gasteiger charge is 2.05. The second kappa shape index (κ2) is 7.68. The van der Waals surface area contributed by atoms with Gasteiger partial charge < -0.3 is 21.1 Å². The fourth-order valence-corrected chi connectivity index (χ4v) is 2.19. The summed E-state index contributed by atoms with van der Waals surface area (Å²) in [6, 6.07) is 18.5. The molecule has 0 spiro atoms. The highest BCUT2D eigenvalue weighted by molar-refractivity contribution is 5.99. The number of anilines is 3. The first-order chi connectivity index (χ1) is 12.6. The lowest BCUT2D eigenvalue weighted by Gasteiger charge is -2.10. The van der Waals surface area contributed by atoms with E-state index in [-0.39, 0.29) is 0 Å². The topological polar surface area (TPSA) is 113 Å². The molecule has 0 aliphatic rings. The van der Waals surface area contributed by atoms with Gasteiger partial charge in [0.1, 0.15) is 17.3 Å². The molecule has 0 radical (unpaired) electrons. The molecular formula is C19H15N5O2. The number of ether oxygens (including phenoxy) is 1. The van der Waals surface area contributed by atoms with E-state index in [0.29, 0.717) is 34.3 Å². The monoisotopic (exact) mass is 345 g/mol. The quantitative estimate of drug-likeness (QED) is 0.662. The second-order valence-electron chi connectivity index (χ2n) is 5.32. The number of nitrogens with zero attached hydrogens (tertiary/aromatic N) is 2. The van der Waals surface area contributed by atoms with E-state index in [4.69, 9.17) is 15.7 Å². The van der Waals surface area contributed by atoms with Gasteiger partial charge in [-0.05, 0) is 42.5 Å². The van der Waals surface area contributed by atoms with Gasteiger partial charge in [0, 0.05) is 17.4 Å². The third-order valence-electron chi connectivity index (χ3n) is 3.34. The highest BCUT2D eigenvalue weighted by Crippen LogP contribution is 2.24. The van der Waals surface area contributed by atoms with Crippen molar-refractivity contribution in [2.24, 2.45) is 0 Å². The first-order valence-electron chi connectivity index (χ1n) is 7.70. The van der Waals surface area contributed by atoms with Crippen LogP contribution >= 0.6 is 0 Å². The molecule has 0 aliphatic heterocycles. The lowest BCUT2D eigenvalue weighted by molar-refractivity contribution is 0.262. The van der Waals surface area contributed by atoms with Crippen LogP contribution < -0.4 is 21.1 Å². The molecule has 0 aliphatic carbocycles. The largest absolute Gasteiger partial charge is 0.456 e. The lowest BCUT2D eigenvalue weighted by atomic mass is 10.2. The number of aromatic nitrogens is 1. The van der Waals surface area contributed by atoms with Gasteiger partial charge in [0.15, 0.2) is 0 Å². The van der Waals surface area contributed by atoms with E-state index in [1.165, 1.54) is 6.20 Å². The van der Waals surface area contributed by atoms with Gasteiger partial charge in [-0.25, -0.2) is 9.78 Å². The Balaban J connectivity index is 1.65. The molecular weight excluding hydrogens is 330 g/mol. The van der Waals surface area contributed by atoms with Gasteiger partial charge in [-0.1, -0.05) is 12.1 Å². The van der Waals surface area contributed by atoms with Crippen LogP contribution in [0.25, 0.3) is 0 Å². The van der Waals surface area contributed by atoms with E-state index in [9.17, 15) is 4.79 Å². The van der Waals surface area contributed by atoms with Crippen molar-refractivity contribution < 1.29 is 9.53 Å². The molecule has 7 nitrogen and oxygen atoms in total. The van der Waals surface area contributed by atoms with Gasteiger partial charge in [0.25, 0.3) is 0 Å². The van der Waals surface area contributed by atoms with Crippen LogP contribution in [0.1, 0.15) is 5.56 Å². The molecule has 0 fully saturated rings. The van der Waals surface area contributed by atoms with Crippen molar-refractivity contribution in [2.45, 2.75) is 0 Å². The van der Waals surface area contributed by atoms with E-state index in [1.54, 1.807) is 60.7 Å². The standard InChI is InChI=1S/C19H15N5O2/c20-11-13-3-1-4-14(9-13)23-19(25)24-15-5-2-6-16(10-15)26-17-7-8-18(21)22-12-17/h1-10,12H,(H2,21,22)(H2,23,24,25). The fraction of sp³-hybridized carbons (Fsp3) is 0. The number of nitriles is 1. The Hall–Kier alpha value is -4.05. The normalized spacial score (nSPS) is 9.81. The van der Waals surface area contributed by atoms with Crippen molar-refractivity contribution in [3.63, 3.8) is 0 Å². The number of carbonyl (C=O) groups excluding carboxylic acids is 1. The molecule has 1 heterocycles. The van der Waals surface area contributed by atoms with Crippen molar-refractivity contribution >= 4 is 23.2 Å². The minimum Gasteiger partial charge on any atom is -0.456 e. The zero-order chi connectivity index (χ0) is 18.4. The molecule has 0 unspecified atom stereocenters. The smallest absolute Gasteiger partial charge is 0.323 e. The Morgan fingerprint density at radius 3 is 2.42 bits per heavy atom. The number of amides is 2. The summed E-state index contributed by atoms with van der Waals surface area (Å²) < 4.78 is 5.68. The minimum atomic E-state index is -0.425. The summed E-state index contributed by atoms with van der Waals surface area (Å²) in [5.74, 6) is 1.49. The Morgan fingerprint density at radius 1 is 1.00 bits per heavy atom. The van der Waals surface area contributed by atoms with E-state index in [0.717, 1.165) is 0 Å². The fourth-order valence-electron chi connectivity index (χ4n) is 2.19. The maximum absolute atomic E-state index is 12.1. The van der Waals surface area contributed by atoms with Crippen LogP contribution in [0, 0.1) is 11.3 Å². The highest BCUT2D eigenvalue weighted by atomic mass is 16.5. The van der Waals surface area contributed by atoms with Crippen LogP contribution in [-0.4, -0.2) is 11.0 Å². The van der Waals surface area contributed by atoms with E-state index >= 15 is 0 Å². The minimum absolute atomic E-state index is 0.407. The average Bonchev–Trinajstić information content (AvgIpc) is 2.64. The second-order valence-corrected chi connectivity index (χ2v) is 5.32. The van der Waals surface area contributed by atoms with Crippen LogP contribution in [-0.2, 0) is 0 Å². The molecule has 3 aromatic rings. The van der Waals surface area contributed by atoms with Crippen molar-refractivity contribution in [3.8, 4) is 17.6 Å². The molecule has 0 saturated heterocycles. The Morgan fingerprint density at radius 2 is 1.73 bits per heavy atom. The van der Waals surface area contributed by atoms with Gasteiger partial charge in [-0.2, -0.15) is 5.26 Å². The average molecular weight is 345 g/mol. The predicted molar refractivity (Wildman–Crippen MR) is 99.0 cm³/mol. The van der Waals surface area contributed by atoms with Gasteiger partial charge >= 0.3 is 6.03 Å². The summed E-state index contributed by atoms with van der Waals surface area (Å²) in [5.41, 5.74) is 7.09. The van der Waals surface area contributed by atoms with Gasteiger partial charge in [-0.15, -0.1) is 0 Å². The molecule has 2 aromatic carbocycles. The molecule has 26 heavy (non-hydrogen) atoms. The number of benzene rings is 2. The van der Waals surface area contributed by atoms with E-state index < -0.39 is 6.03 Å². The van der Waals surface area contributed by atoms with Gasteiger partial charge in [0.2, 0.25) is 0 Å². The third-order valence-corrected chi connectivity index (χ3v) is 3.34. The molecule has 0 atom stereocenters. The maximum Gasteiger partial charge on any atom is 0.323 e. The molecule has 3 rings (SSSR count). The molecule has 7 heteroatoms. The molecule has 2 amide bonds. The molecule has 128 valence electrons. The summed E-state index contributed by atoms with van der Waals surface area (Å²) >= 11 is 0. The first-order valence-corrected chi connectivity index (χ1v) is 7.70. The van der Waals surface area contributed by atoms with Gasteiger partial charge in [-0.3, -0.25) is 0 Å². The summed E-state index contributed by atoms with van der Waals surface area (Å²) in [6.07, 6.45) is 1.52. The maximum atomic E-state index is 12.1. The summed E-state index contributed by atoms with van der Waals surface area (Å²) in [6.45, 7) is 0. The lowest BCUT2D eigenvalue weighted by Crippen LogP contribution is -2.19. The number of nitrogens with one attached hydrogen (secondary N) is 2. The van der Waals surface area contributed by atoms with Crippen molar-refractivity contribution in [1.82, 2.24) is 4.98 Å². The number of carbonyl (C=O) groups is 1. The third kappa shape index (κ3) is 4.49. The zero-order valence-corrected chi connectivity index (χ0v) is 13.6.